The molecule has 1 aliphatic rings. The van der Waals surface area contributed by atoms with Crippen LogP contribution >= 0.6 is 0 Å². The summed E-state index contributed by atoms with van der Waals surface area (Å²) in [5.74, 6) is 0. The third kappa shape index (κ3) is 13.3. The van der Waals surface area contributed by atoms with Gasteiger partial charge in [-0.05, 0) is 0 Å². The van der Waals surface area contributed by atoms with Gasteiger partial charge in [-0.1, -0.05) is 0 Å². The zero-order valence-corrected chi connectivity index (χ0v) is 6.53. The molecule has 0 aliphatic carbocycles. The number of carbonyl (C=O) groups is 2. The standard InChI is InChI=1S/C3H3FO3.C2H4.CHFO2/c4-2-1-6-3(5)7-2;1-2;2-1(3)4/h2H,1H2;1-2H2;(H,3,4). The number of alkyl halides is 1. The Balaban J connectivity index is 0. The number of halogens is 2. The first kappa shape index (κ1) is 13.9. The topological polar surface area (TPSA) is 72.8 Å². The van der Waals surface area contributed by atoms with E-state index in [1.54, 1.807) is 0 Å². The molecule has 0 aromatic rings. The Kier molecular flexibility index (Phi) is 9.02. The van der Waals surface area contributed by atoms with Crippen molar-refractivity contribution in [3.63, 3.8) is 0 Å². The van der Waals surface area contributed by atoms with Gasteiger partial charge in [0, 0.05) is 0 Å². The molecule has 0 aromatic heterocycles. The minimum Gasteiger partial charge on any atom is -0.456 e. The molecule has 1 N–H and O–H groups in total. The lowest BCUT2D eigenvalue weighted by atomic mass is 10.8. The summed E-state index contributed by atoms with van der Waals surface area (Å²) < 4.78 is 29.4. The van der Waals surface area contributed by atoms with E-state index in [1.165, 1.54) is 0 Å². The maximum absolute atomic E-state index is 11.6. The van der Waals surface area contributed by atoms with Crippen LogP contribution in [0.4, 0.5) is 18.4 Å². The number of cyclic esters (lactones) is 2. The van der Waals surface area contributed by atoms with Gasteiger partial charge in [0.15, 0.2) is 6.61 Å². The number of ether oxygens (including phenoxy) is 2. The number of carbonyl (C=O) groups excluding carboxylic acids is 1. The molecule has 1 atom stereocenters. The van der Waals surface area contributed by atoms with Crippen LogP contribution in [0.25, 0.3) is 0 Å². The minimum atomic E-state index is -2.33. The Morgan fingerprint density at radius 1 is 1.62 bits per heavy atom. The average Bonchev–Trinajstić information content (AvgIpc) is 2.38. The van der Waals surface area contributed by atoms with Gasteiger partial charge >= 0.3 is 12.4 Å². The van der Waals surface area contributed by atoms with E-state index >= 15 is 0 Å². The van der Waals surface area contributed by atoms with E-state index < -0.39 is 18.7 Å². The maximum Gasteiger partial charge on any atom is 0.511 e. The highest BCUT2D eigenvalue weighted by Gasteiger charge is 2.23. The van der Waals surface area contributed by atoms with Gasteiger partial charge in [0.1, 0.15) is 0 Å². The normalized spacial score (nSPS) is 18.0. The zero-order valence-electron chi connectivity index (χ0n) is 6.53. The Morgan fingerprint density at radius 2 is 2.00 bits per heavy atom. The van der Waals surface area contributed by atoms with Crippen LogP contribution < -0.4 is 0 Å². The third-order valence-corrected chi connectivity index (χ3v) is 0.556. The SMILES string of the molecule is C=C.O=C(O)F.O=C1OCC(F)O1. The van der Waals surface area contributed by atoms with Crippen molar-refractivity contribution >= 4 is 12.4 Å². The van der Waals surface area contributed by atoms with Crippen molar-refractivity contribution in [3.05, 3.63) is 13.2 Å². The van der Waals surface area contributed by atoms with E-state index in [0.29, 0.717) is 0 Å². The van der Waals surface area contributed by atoms with Gasteiger partial charge in [0.05, 0.1) is 0 Å². The van der Waals surface area contributed by atoms with Gasteiger partial charge in [0.25, 0.3) is 6.36 Å². The maximum atomic E-state index is 11.6. The molecule has 0 bridgehead atoms. The van der Waals surface area contributed by atoms with Gasteiger partial charge in [0.2, 0.25) is 0 Å². The molecule has 0 saturated carbocycles. The summed E-state index contributed by atoms with van der Waals surface area (Å²) in [6.07, 6.45) is -4.81. The summed E-state index contributed by atoms with van der Waals surface area (Å²) >= 11 is 0. The molecule has 7 heteroatoms. The summed E-state index contributed by atoms with van der Waals surface area (Å²) in [5, 5.41) is 6.75. The highest BCUT2D eigenvalue weighted by Crippen LogP contribution is 2.05. The first-order chi connectivity index (χ1) is 6.02. The van der Waals surface area contributed by atoms with Crippen molar-refractivity contribution in [1.82, 2.24) is 0 Å². The van der Waals surface area contributed by atoms with E-state index in [1.807, 2.05) is 0 Å². The summed E-state index contributed by atoms with van der Waals surface area (Å²) in [7, 11) is 0. The van der Waals surface area contributed by atoms with E-state index in [-0.39, 0.29) is 6.61 Å². The van der Waals surface area contributed by atoms with E-state index in [4.69, 9.17) is 9.90 Å². The Bertz CT molecular complexity index is 168. The Morgan fingerprint density at radius 3 is 2.08 bits per heavy atom. The lowest BCUT2D eigenvalue weighted by Gasteiger charge is -1.85. The van der Waals surface area contributed by atoms with Gasteiger partial charge in [-0.2, -0.15) is 4.39 Å². The van der Waals surface area contributed by atoms with Gasteiger partial charge in [-0.3, -0.25) is 0 Å². The zero-order chi connectivity index (χ0) is 10.9. The van der Waals surface area contributed by atoms with E-state index in [0.717, 1.165) is 0 Å². The van der Waals surface area contributed by atoms with Crippen molar-refractivity contribution < 1.29 is 33.0 Å². The second-order valence-corrected chi connectivity index (χ2v) is 1.34. The van der Waals surface area contributed by atoms with E-state index in [9.17, 15) is 13.6 Å². The molecule has 0 amide bonds. The number of hydrogen-bond acceptors (Lipinski definition) is 4. The molecule has 1 heterocycles. The molecular formula is C6H8F2O5. The molecule has 1 aliphatic heterocycles. The fourth-order valence-corrected chi connectivity index (χ4v) is 0.306. The monoisotopic (exact) mass is 198 g/mol. The summed E-state index contributed by atoms with van der Waals surface area (Å²) in [6, 6.07) is 0. The molecule has 0 spiro atoms. The summed E-state index contributed by atoms with van der Waals surface area (Å²) in [4.78, 5) is 18.1. The van der Waals surface area contributed by atoms with Crippen molar-refractivity contribution in [2.24, 2.45) is 0 Å². The van der Waals surface area contributed by atoms with Crippen molar-refractivity contribution in [2.45, 2.75) is 6.36 Å². The number of hydrogen-bond donors (Lipinski definition) is 1. The summed E-state index contributed by atoms with van der Waals surface area (Å²) in [5.41, 5.74) is 0. The lowest BCUT2D eigenvalue weighted by Crippen LogP contribution is -1.98. The van der Waals surface area contributed by atoms with Crippen LogP contribution in [0.2, 0.25) is 0 Å². The highest BCUT2D eigenvalue weighted by atomic mass is 19.1. The molecule has 76 valence electrons. The van der Waals surface area contributed by atoms with Crippen LogP contribution in [0.5, 0.6) is 0 Å². The average molecular weight is 198 g/mol. The molecule has 1 saturated heterocycles. The predicted molar refractivity (Wildman–Crippen MR) is 37.7 cm³/mol. The van der Waals surface area contributed by atoms with Gasteiger partial charge in [-0.25, -0.2) is 9.59 Å². The van der Waals surface area contributed by atoms with Crippen LogP contribution in [-0.2, 0) is 9.47 Å². The van der Waals surface area contributed by atoms with Crippen LogP contribution in [0.1, 0.15) is 0 Å². The van der Waals surface area contributed by atoms with Gasteiger partial charge in [-0.15, -0.1) is 17.5 Å². The minimum absolute atomic E-state index is 0.265. The largest absolute Gasteiger partial charge is 0.511 e. The smallest absolute Gasteiger partial charge is 0.456 e. The second kappa shape index (κ2) is 8.44. The molecular weight excluding hydrogens is 190 g/mol. The molecule has 1 fully saturated rings. The quantitative estimate of drug-likeness (QED) is 0.365. The molecule has 1 rings (SSSR count). The molecule has 0 radical (unpaired) electrons. The second-order valence-electron chi connectivity index (χ2n) is 1.34. The molecule has 5 nitrogen and oxygen atoms in total. The Labute approximate surface area is 72.6 Å². The number of rotatable bonds is 0. The third-order valence-electron chi connectivity index (χ3n) is 0.556. The van der Waals surface area contributed by atoms with Crippen LogP contribution in [0.3, 0.4) is 0 Å². The molecule has 13 heavy (non-hydrogen) atoms. The van der Waals surface area contributed by atoms with E-state index in [2.05, 4.69) is 22.6 Å². The van der Waals surface area contributed by atoms with Crippen molar-refractivity contribution in [3.8, 4) is 0 Å². The fraction of sp³-hybridized carbons (Fsp3) is 0.333. The van der Waals surface area contributed by atoms with Crippen LogP contribution in [0.15, 0.2) is 13.2 Å². The van der Waals surface area contributed by atoms with Gasteiger partial charge < -0.3 is 14.6 Å². The predicted octanol–water partition coefficient (Wildman–Crippen LogP) is 1.88. The van der Waals surface area contributed by atoms with Crippen LogP contribution in [-0.4, -0.2) is 30.4 Å². The number of carboxylic acid groups (broad SMARTS) is 1. The van der Waals surface area contributed by atoms with Crippen molar-refractivity contribution in [1.29, 1.82) is 0 Å². The molecule has 0 aromatic carbocycles. The lowest BCUT2D eigenvalue weighted by molar-refractivity contribution is 0.0572. The van der Waals surface area contributed by atoms with Crippen LogP contribution in [0, 0.1) is 0 Å². The first-order valence-electron chi connectivity index (χ1n) is 2.88. The fourth-order valence-electron chi connectivity index (χ4n) is 0.306. The summed E-state index contributed by atoms with van der Waals surface area (Å²) in [6.45, 7) is 5.73. The Hall–Kier alpha value is -1.66. The van der Waals surface area contributed by atoms with Crippen molar-refractivity contribution in [2.75, 3.05) is 6.61 Å². The highest BCUT2D eigenvalue weighted by molar-refractivity contribution is 5.61. The first-order valence-corrected chi connectivity index (χ1v) is 2.88. The molecule has 1 unspecified atom stereocenters.